The molecule has 0 saturated heterocycles. The van der Waals surface area contributed by atoms with Gasteiger partial charge in [-0.2, -0.15) is 0 Å². The van der Waals surface area contributed by atoms with Crippen molar-refractivity contribution in [2.75, 3.05) is 20.4 Å². The van der Waals surface area contributed by atoms with E-state index in [-0.39, 0.29) is 10.8 Å². The number of halogens is 1. The minimum absolute atomic E-state index is 0.0218. The monoisotopic (exact) mass is 355 g/mol. The van der Waals surface area contributed by atoms with Gasteiger partial charge in [0.25, 0.3) is 0 Å². The highest BCUT2D eigenvalue weighted by Crippen LogP contribution is 2.42. The molecule has 1 aromatic rings. The Bertz CT molecular complexity index is 559. The molecule has 0 unspecified atom stereocenters. The number of benzene rings is 1. The van der Waals surface area contributed by atoms with Crippen molar-refractivity contribution in [2.45, 2.75) is 52.4 Å². The molecule has 2 nitrogen and oxygen atoms in total. The van der Waals surface area contributed by atoms with Gasteiger partial charge in [0.1, 0.15) is 5.75 Å². The molecular weight excluding hydrogens is 326 g/mol. The lowest BCUT2D eigenvalue weighted by Crippen LogP contribution is -2.20. The smallest absolute Gasteiger partial charge is 0.126 e. The topological polar surface area (TPSA) is 21.3 Å². The highest BCUT2D eigenvalue weighted by atomic mass is 35.5. The molecule has 0 spiro atoms. The van der Waals surface area contributed by atoms with Crippen LogP contribution in [0.5, 0.6) is 5.75 Å². The van der Waals surface area contributed by atoms with Crippen molar-refractivity contribution < 1.29 is 4.74 Å². The normalized spacial score (nSPS) is 13.7. The van der Waals surface area contributed by atoms with Crippen LogP contribution in [0, 0.1) is 0 Å². The van der Waals surface area contributed by atoms with Gasteiger partial charge in [0.2, 0.25) is 0 Å². The average molecular weight is 356 g/mol. The molecule has 0 fully saturated rings. The molecule has 0 aliphatic carbocycles. The summed E-state index contributed by atoms with van der Waals surface area (Å²) in [4.78, 5) is 0. The summed E-state index contributed by atoms with van der Waals surface area (Å²) in [5, 5.41) is 3.25. The Morgan fingerprint density at radius 2 is 1.48 bits per heavy atom. The van der Waals surface area contributed by atoms with Crippen molar-refractivity contribution in [1.29, 1.82) is 0 Å². The first-order valence-corrected chi connectivity index (χ1v) is 9.42. The van der Waals surface area contributed by atoms with Gasteiger partial charge in [0, 0.05) is 23.7 Å². The largest absolute Gasteiger partial charge is 0.496 e. The molecule has 1 aromatic carbocycles. The summed E-state index contributed by atoms with van der Waals surface area (Å²) in [6.07, 6.45) is 1.98. The third-order valence-corrected chi connectivity index (χ3v) is 5.04. The Morgan fingerprint density at radius 1 is 1.04 bits per heavy atom. The van der Waals surface area contributed by atoms with Crippen LogP contribution in [0.2, 0.25) is 0 Å². The van der Waals surface area contributed by atoms with Crippen LogP contribution in [-0.2, 0) is 10.8 Å². The van der Waals surface area contributed by atoms with Crippen LogP contribution in [0.15, 0.2) is 16.5 Å². The molecule has 0 aliphatic heterocycles. The fourth-order valence-electron chi connectivity index (χ4n) is 2.57. The van der Waals surface area contributed by atoms with Crippen LogP contribution in [0.1, 0.15) is 58.2 Å². The van der Waals surface area contributed by atoms with Crippen molar-refractivity contribution in [3.8, 4) is 5.75 Å². The standard InChI is InChI=1S/C19H30ClNOS/c1-18(2,3)13-10-12(15(21-7)17(20)23-9)11-14(16(13)22-8)19(4,5)6/h10-11,21H,1-9H3/b17-15-. The van der Waals surface area contributed by atoms with Crippen molar-refractivity contribution >= 4 is 29.1 Å². The summed E-state index contributed by atoms with van der Waals surface area (Å²) in [7, 11) is 3.66. The second-order valence-electron chi connectivity index (χ2n) is 7.71. The molecule has 23 heavy (non-hydrogen) atoms. The lowest BCUT2D eigenvalue weighted by Gasteiger charge is -2.30. The molecule has 4 heteroatoms. The van der Waals surface area contributed by atoms with Crippen molar-refractivity contribution in [3.63, 3.8) is 0 Å². The summed E-state index contributed by atoms with van der Waals surface area (Å²) < 4.78 is 6.57. The van der Waals surface area contributed by atoms with E-state index in [0.29, 0.717) is 0 Å². The molecule has 130 valence electrons. The second kappa shape index (κ2) is 7.40. The summed E-state index contributed by atoms with van der Waals surface area (Å²) in [5.41, 5.74) is 4.40. The van der Waals surface area contributed by atoms with Crippen LogP contribution in [0.3, 0.4) is 0 Å². The molecule has 0 aliphatic rings. The first-order valence-electron chi connectivity index (χ1n) is 7.82. The van der Waals surface area contributed by atoms with Crippen LogP contribution in [-0.4, -0.2) is 20.4 Å². The van der Waals surface area contributed by atoms with Gasteiger partial charge < -0.3 is 10.1 Å². The zero-order chi connectivity index (χ0) is 18.0. The van der Waals surface area contributed by atoms with E-state index in [1.54, 1.807) is 18.9 Å². The number of methoxy groups -OCH3 is 1. The van der Waals surface area contributed by atoms with Gasteiger partial charge in [0.15, 0.2) is 0 Å². The summed E-state index contributed by atoms with van der Waals surface area (Å²) in [5.74, 6) is 0.976. The average Bonchev–Trinajstić information content (AvgIpc) is 2.44. The van der Waals surface area contributed by atoms with Gasteiger partial charge >= 0.3 is 0 Å². The van der Waals surface area contributed by atoms with Crippen LogP contribution in [0.4, 0.5) is 0 Å². The first kappa shape index (κ1) is 20.2. The Labute approximate surface area is 151 Å². The lowest BCUT2D eigenvalue weighted by atomic mass is 9.78. The number of thioether (sulfide) groups is 1. The van der Waals surface area contributed by atoms with E-state index < -0.39 is 0 Å². The molecule has 0 amide bonds. The highest BCUT2D eigenvalue weighted by Gasteiger charge is 2.28. The molecule has 0 radical (unpaired) electrons. The minimum Gasteiger partial charge on any atom is -0.496 e. The molecule has 0 atom stereocenters. The van der Waals surface area contributed by atoms with Gasteiger partial charge in [-0.3, -0.25) is 0 Å². The third-order valence-electron chi connectivity index (χ3n) is 3.82. The maximum atomic E-state index is 6.42. The summed E-state index contributed by atoms with van der Waals surface area (Å²) >= 11 is 7.96. The van der Waals surface area contributed by atoms with Crippen molar-refractivity contribution in [2.24, 2.45) is 0 Å². The van der Waals surface area contributed by atoms with Crippen LogP contribution < -0.4 is 10.1 Å². The van der Waals surface area contributed by atoms with E-state index in [9.17, 15) is 0 Å². The van der Waals surface area contributed by atoms with Crippen LogP contribution in [0.25, 0.3) is 5.70 Å². The van der Waals surface area contributed by atoms with Gasteiger partial charge in [-0.1, -0.05) is 53.1 Å². The molecule has 0 heterocycles. The van der Waals surface area contributed by atoms with E-state index in [1.807, 2.05) is 13.3 Å². The number of hydrogen-bond acceptors (Lipinski definition) is 3. The molecular formula is C19H30ClNOS. The molecule has 1 N–H and O–H groups in total. The molecule has 0 aromatic heterocycles. The SMILES string of the molecule is CN/C(=C(/Cl)SC)c1cc(C(C)(C)C)c(OC)c(C(C)(C)C)c1. The molecule has 0 bridgehead atoms. The zero-order valence-corrected chi connectivity index (χ0v) is 17.4. The summed E-state index contributed by atoms with van der Waals surface area (Å²) in [6.45, 7) is 13.3. The number of hydrogen-bond donors (Lipinski definition) is 1. The Hall–Kier alpha value is -0.800. The van der Waals surface area contributed by atoms with Gasteiger partial charge in [-0.05, 0) is 29.2 Å². The van der Waals surface area contributed by atoms with Gasteiger partial charge in [-0.15, -0.1) is 11.8 Å². The Balaban J connectivity index is 3.83. The highest BCUT2D eigenvalue weighted by molar-refractivity contribution is 8.04. The van der Waals surface area contributed by atoms with Crippen LogP contribution >= 0.6 is 23.4 Å². The van der Waals surface area contributed by atoms with Crippen molar-refractivity contribution in [1.82, 2.24) is 5.32 Å². The van der Waals surface area contributed by atoms with E-state index >= 15 is 0 Å². The maximum Gasteiger partial charge on any atom is 0.126 e. The van der Waals surface area contributed by atoms with E-state index in [0.717, 1.165) is 21.4 Å². The number of ether oxygens (including phenoxy) is 1. The van der Waals surface area contributed by atoms with Crippen molar-refractivity contribution in [3.05, 3.63) is 33.2 Å². The third kappa shape index (κ3) is 4.60. The predicted molar refractivity (Wildman–Crippen MR) is 106 cm³/mol. The first-order chi connectivity index (χ1) is 10.5. The number of nitrogens with one attached hydrogen (secondary N) is 1. The minimum atomic E-state index is -0.0218. The van der Waals surface area contributed by atoms with Gasteiger partial charge in [-0.25, -0.2) is 0 Å². The predicted octanol–water partition coefficient (Wildman–Crippen LogP) is 5.74. The van der Waals surface area contributed by atoms with E-state index in [4.69, 9.17) is 16.3 Å². The van der Waals surface area contributed by atoms with Gasteiger partial charge in [0.05, 0.1) is 17.2 Å². The van der Waals surface area contributed by atoms with E-state index in [1.165, 1.54) is 11.1 Å². The zero-order valence-electron chi connectivity index (χ0n) is 15.8. The lowest BCUT2D eigenvalue weighted by molar-refractivity contribution is 0.381. The fourth-order valence-corrected chi connectivity index (χ4v) is 3.19. The van der Waals surface area contributed by atoms with E-state index in [2.05, 4.69) is 59.0 Å². The maximum absolute atomic E-state index is 6.42. The number of rotatable bonds is 4. The Kier molecular flexibility index (Phi) is 6.51. The molecule has 0 saturated carbocycles. The Morgan fingerprint density at radius 3 is 1.74 bits per heavy atom. The second-order valence-corrected chi connectivity index (χ2v) is 9.13. The fraction of sp³-hybridized carbons (Fsp3) is 0.579. The quantitative estimate of drug-likeness (QED) is 0.744. The molecule has 1 rings (SSSR count). The summed E-state index contributed by atoms with van der Waals surface area (Å²) in [6, 6.07) is 4.39.